The van der Waals surface area contributed by atoms with Crippen LogP contribution in [0.1, 0.15) is 37.1 Å². The lowest BCUT2D eigenvalue weighted by Gasteiger charge is -2.23. The number of carbonyl (C=O) groups excluding carboxylic acids is 1. The SMILES string of the molecule is Cc1ncc(CN2CCCC2C(=O)NC2CC2)cn1. The van der Waals surface area contributed by atoms with E-state index in [1.165, 1.54) is 0 Å². The molecule has 1 unspecified atom stereocenters. The van der Waals surface area contributed by atoms with Gasteiger partial charge in [0.1, 0.15) is 5.82 Å². The number of hydrogen-bond acceptors (Lipinski definition) is 4. The molecule has 2 fully saturated rings. The van der Waals surface area contributed by atoms with Gasteiger partial charge in [-0.15, -0.1) is 0 Å². The van der Waals surface area contributed by atoms with Crippen LogP contribution in [0.2, 0.25) is 0 Å². The summed E-state index contributed by atoms with van der Waals surface area (Å²) < 4.78 is 0. The van der Waals surface area contributed by atoms with Crippen LogP contribution in [-0.2, 0) is 11.3 Å². The molecule has 0 aromatic carbocycles. The standard InChI is InChI=1S/C14H20N4O/c1-10-15-7-11(8-16-10)9-18-6-2-3-13(18)14(19)17-12-4-5-12/h7-8,12-13H,2-6,9H2,1H3,(H,17,19). The van der Waals surface area contributed by atoms with Gasteiger partial charge in [0.2, 0.25) is 5.91 Å². The van der Waals surface area contributed by atoms with E-state index in [0.29, 0.717) is 6.04 Å². The number of aryl methyl sites for hydroxylation is 1. The minimum Gasteiger partial charge on any atom is -0.352 e. The van der Waals surface area contributed by atoms with Crippen LogP contribution in [0.15, 0.2) is 12.4 Å². The van der Waals surface area contributed by atoms with Crippen LogP contribution in [-0.4, -0.2) is 39.4 Å². The van der Waals surface area contributed by atoms with E-state index in [4.69, 9.17) is 0 Å². The summed E-state index contributed by atoms with van der Waals surface area (Å²) in [7, 11) is 0. The van der Waals surface area contributed by atoms with E-state index in [0.717, 1.165) is 50.2 Å². The average Bonchev–Trinajstić information content (AvgIpc) is 3.08. The third-order valence-corrected chi connectivity index (χ3v) is 3.81. The van der Waals surface area contributed by atoms with Gasteiger partial charge in [0.15, 0.2) is 0 Å². The first kappa shape index (κ1) is 12.5. The minimum absolute atomic E-state index is 0.0295. The van der Waals surface area contributed by atoms with Gasteiger partial charge in [-0.3, -0.25) is 9.69 Å². The lowest BCUT2D eigenvalue weighted by atomic mass is 10.2. The van der Waals surface area contributed by atoms with Gasteiger partial charge in [0, 0.05) is 30.5 Å². The first-order valence-electron chi connectivity index (χ1n) is 7.04. The van der Waals surface area contributed by atoms with Gasteiger partial charge in [-0.1, -0.05) is 0 Å². The van der Waals surface area contributed by atoms with Crippen molar-refractivity contribution in [1.29, 1.82) is 0 Å². The number of hydrogen-bond donors (Lipinski definition) is 1. The maximum atomic E-state index is 12.2. The van der Waals surface area contributed by atoms with Crippen molar-refractivity contribution in [1.82, 2.24) is 20.2 Å². The highest BCUT2D eigenvalue weighted by Gasteiger charge is 2.33. The van der Waals surface area contributed by atoms with Crippen LogP contribution in [0.3, 0.4) is 0 Å². The van der Waals surface area contributed by atoms with Gasteiger partial charge in [0.25, 0.3) is 0 Å². The fourth-order valence-electron chi connectivity index (χ4n) is 2.57. The fourth-order valence-corrected chi connectivity index (χ4v) is 2.57. The smallest absolute Gasteiger partial charge is 0.237 e. The lowest BCUT2D eigenvalue weighted by molar-refractivity contribution is -0.125. The van der Waals surface area contributed by atoms with Gasteiger partial charge in [-0.2, -0.15) is 0 Å². The Labute approximate surface area is 113 Å². The van der Waals surface area contributed by atoms with Crippen LogP contribution in [0, 0.1) is 6.92 Å². The highest BCUT2D eigenvalue weighted by atomic mass is 16.2. The zero-order chi connectivity index (χ0) is 13.2. The first-order valence-corrected chi connectivity index (χ1v) is 7.04. The van der Waals surface area contributed by atoms with Crippen LogP contribution in [0.25, 0.3) is 0 Å². The second-order valence-electron chi connectivity index (χ2n) is 5.55. The predicted molar refractivity (Wildman–Crippen MR) is 71.4 cm³/mol. The molecule has 1 saturated heterocycles. The van der Waals surface area contributed by atoms with Gasteiger partial charge < -0.3 is 5.32 Å². The van der Waals surface area contributed by atoms with Crippen molar-refractivity contribution < 1.29 is 4.79 Å². The Bertz CT molecular complexity index is 455. The van der Waals surface area contributed by atoms with E-state index >= 15 is 0 Å². The molecule has 0 radical (unpaired) electrons. The Hall–Kier alpha value is -1.49. The van der Waals surface area contributed by atoms with Crippen molar-refractivity contribution >= 4 is 5.91 Å². The van der Waals surface area contributed by atoms with Crippen LogP contribution in [0.5, 0.6) is 0 Å². The summed E-state index contributed by atoms with van der Waals surface area (Å²) >= 11 is 0. The first-order chi connectivity index (χ1) is 9.22. The van der Waals surface area contributed by atoms with E-state index < -0.39 is 0 Å². The molecule has 1 N–H and O–H groups in total. The maximum Gasteiger partial charge on any atom is 0.237 e. The second kappa shape index (κ2) is 5.25. The highest BCUT2D eigenvalue weighted by Crippen LogP contribution is 2.23. The number of likely N-dealkylation sites (tertiary alicyclic amines) is 1. The molecule has 19 heavy (non-hydrogen) atoms. The molecule has 1 atom stereocenters. The molecule has 1 aliphatic carbocycles. The maximum absolute atomic E-state index is 12.2. The van der Waals surface area contributed by atoms with Crippen molar-refractivity contribution in [2.45, 2.75) is 51.2 Å². The van der Waals surface area contributed by atoms with Crippen LogP contribution in [0.4, 0.5) is 0 Å². The van der Waals surface area contributed by atoms with E-state index in [-0.39, 0.29) is 11.9 Å². The zero-order valence-corrected chi connectivity index (χ0v) is 11.3. The lowest BCUT2D eigenvalue weighted by Crippen LogP contribution is -2.43. The average molecular weight is 260 g/mol. The Morgan fingerprint density at radius 1 is 1.37 bits per heavy atom. The summed E-state index contributed by atoms with van der Waals surface area (Å²) in [6.07, 6.45) is 8.06. The quantitative estimate of drug-likeness (QED) is 0.878. The summed E-state index contributed by atoms with van der Waals surface area (Å²) in [5.74, 6) is 0.987. The monoisotopic (exact) mass is 260 g/mol. The summed E-state index contributed by atoms with van der Waals surface area (Å²) in [4.78, 5) is 22.8. The Kier molecular flexibility index (Phi) is 3.46. The molecular weight excluding hydrogens is 240 g/mol. The fraction of sp³-hybridized carbons (Fsp3) is 0.643. The Balaban J connectivity index is 1.62. The zero-order valence-electron chi connectivity index (χ0n) is 11.3. The largest absolute Gasteiger partial charge is 0.352 e. The van der Waals surface area contributed by atoms with Gasteiger partial charge in [0.05, 0.1) is 6.04 Å². The molecule has 1 aromatic rings. The summed E-state index contributed by atoms with van der Waals surface area (Å²) in [5.41, 5.74) is 1.08. The molecule has 2 heterocycles. The molecule has 1 aromatic heterocycles. The molecule has 1 amide bonds. The molecule has 5 nitrogen and oxygen atoms in total. The number of nitrogens with zero attached hydrogens (tertiary/aromatic N) is 3. The number of nitrogens with one attached hydrogen (secondary N) is 1. The number of aromatic nitrogens is 2. The van der Waals surface area contributed by atoms with E-state index in [1.807, 2.05) is 19.3 Å². The number of carbonyl (C=O) groups is 1. The summed E-state index contributed by atoms with van der Waals surface area (Å²) in [6, 6.07) is 0.472. The van der Waals surface area contributed by atoms with E-state index in [9.17, 15) is 4.79 Å². The highest BCUT2D eigenvalue weighted by molar-refractivity contribution is 5.82. The van der Waals surface area contributed by atoms with E-state index in [2.05, 4.69) is 20.2 Å². The van der Waals surface area contributed by atoms with Crippen molar-refractivity contribution in [2.75, 3.05) is 6.54 Å². The van der Waals surface area contributed by atoms with Crippen LogP contribution >= 0.6 is 0 Å². The molecule has 102 valence electrons. The molecule has 2 aliphatic rings. The van der Waals surface area contributed by atoms with Crippen molar-refractivity contribution in [2.24, 2.45) is 0 Å². The molecular formula is C14H20N4O. The third kappa shape index (κ3) is 3.10. The van der Waals surface area contributed by atoms with Crippen molar-refractivity contribution in [3.05, 3.63) is 23.8 Å². The molecule has 1 aliphatic heterocycles. The molecule has 0 bridgehead atoms. The van der Waals surface area contributed by atoms with Gasteiger partial charge in [-0.05, 0) is 39.2 Å². The minimum atomic E-state index is 0.0295. The third-order valence-electron chi connectivity index (χ3n) is 3.81. The molecule has 0 spiro atoms. The molecule has 3 rings (SSSR count). The van der Waals surface area contributed by atoms with Crippen LogP contribution < -0.4 is 5.32 Å². The predicted octanol–water partition coefficient (Wildman–Crippen LogP) is 1.03. The number of amides is 1. The normalized spacial score (nSPS) is 23.5. The topological polar surface area (TPSA) is 58.1 Å². The second-order valence-corrected chi connectivity index (χ2v) is 5.55. The molecule has 1 saturated carbocycles. The Morgan fingerprint density at radius 3 is 2.79 bits per heavy atom. The van der Waals surface area contributed by atoms with E-state index in [1.54, 1.807) is 0 Å². The number of rotatable bonds is 4. The van der Waals surface area contributed by atoms with Crippen molar-refractivity contribution in [3.63, 3.8) is 0 Å². The Morgan fingerprint density at radius 2 is 2.11 bits per heavy atom. The van der Waals surface area contributed by atoms with Gasteiger partial charge >= 0.3 is 0 Å². The summed E-state index contributed by atoms with van der Waals surface area (Å²) in [6.45, 7) is 3.63. The summed E-state index contributed by atoms with van der Waals surface area (Å²) in [5, 5.41) is 3.11. The van der Waals surface area contributed by atoms with Gasteiger partial charge in [-0.25, -0.2) is 9.97 Å². The molecule has 5 heteroatoms. The van der Waals surface area contributed by atoms with Crippen molar-refractivity contribution in [3.8, 4) is 0 Å².